The first-order valence-corrected chi connectivity index (χ1v) is 5.35. The maximum Gasteiger partial charge on any atom is 0.303 e. The number of carboxylic acid groups (broad SMARTS) is 1. The minimum atomic E-state index is -0.736. The summed E-state index contributed by atoms with van der Waals surface area (Å²) in [6.45, 7) is 1.98. The maximum absolute atomic E-state index is 11.4. The van der Waals surface area contributed by atoms with Crippen molar-refractivity contribution in [2.24, 2.45) is 11.8 Å². The van der Waals surface area contributed by atoms with E-state index in [1.165, 1.54) is 0 Å². The zero-order valence-electron chi connectivity index (χ0n) is 8.66. The van der Waals surface area contributed by atoms with Gasteiger partial charge in [-0.05, 0) is 31.6 Å². The van der Waals surface area contributed by atoms with Crippen LogP contribution >= 0.6 is 0 Å². The lowest BCUT2D eigenvalue weighted by Crippen LogP contribution is -2.25. The molecule has 0 aromatic carbocycles. The molecule has 0 aromatic rings. The Morgan fingerprint density at radius 1 is 1.57 bits per heavy atom. The maximum atomic E-state index is 11.4. The highest BCUT2D eigenvalue weighted by atomic mass is 16.4. The average Bonchev–Trinajstić information content (AvgIpc) is 2.12. The summed E-state index contributed by atoms with van der Waals surface area (Å²) in [4.78, 5) is 21.7. The first kappa shape index (κ1) is 11.2. The molecule has 1 saturated carbocycles. The molecule has 2 unspecified atom stereocenters. The minimum Gasteiger partial charge on any atom is -0.481 e. The second-order valence-electron chi connectivity index (χ2n) is 4.19. The fraction of sp³-hybridized carbons (Fsp3) is 0.818. The zero-order chi connectivity index (χ0) is 10.6. The quantitative estimate of drug-likeness (QED) is 0.753. The number of aliphatic carboxylic acids is 1. The van der Waals surface area contributed by atoms with Gasteiger partial charge in [-0.25, -0.2) is 0 Å². The third-order valence-electron chi connectivity index (χ3n) is 3.18. The number of hydrogen-bond acceptors (Lipinski definition) is 2. The van der Waals surface area contributed by atoms with Crippen molar-refractivity contribution in [3.05, 3.63) is 0 Å². The fourth-order valence-corrected chi connectivity index (χ4v) is 2.19. The molecule has 0 bridgehead atoms. The number of rotatable bonds is 4. The van der Waals surface area contributed by atoms with Gasteiger partial charge in [0, 0.05) is 18.8 Å². The fourth-order valence-electron chi connectivity index (χ4n) is 2.19. The summed E-state index contributed by atoms with van der Waals surface area (Å²) in [5, 5.41) is 8.49. The van der Waals surface area contributed by atoms with E-state index in [4.69, 9.17) is 5.11 Å². The second kappa shape index (κ2) is 5.13. The number of hydrogen-bond donors (Lipinski definition) is 1. The Kier molecular flexibility index (Phi) is 4.11. The summed E-state index contributed by atoms with van der Waals surface area (Å²) in [6.07, 6.45) is 4.62. The highest BCUT2D eigenvalue weighted by Gasteiger charge is 2.27. The van der Waals surface area contributed by atoms with Crippen LogP contribution in [-0.2, 0) is 9.59 Å². The van der Waals surface area contributed by atoms with Crippen molar-refractivity contribution >= 4 is 11.8 Å². The largest absolute Gasteiger partial charge is 0.481 e. The van der Waals surface area contributed by atoms with Crippen LogP contribution in [0.5, 0.6) is 0 Å². The second-order valence-corrected chi connectivity index (χ2v) is 4.19. The van der Waals surface area contributed by atoms with Crippen LogP contribution in [0.4, 0.5) is 0 Å². The van der Waals surface area contributed by atoms with Crippen LogP contribution in [-0.4, -0.2) is 16.9 Å². The molecule has 2 atom stereocenters. The van der Waals surface area contributed by atoms with Gasteiger partial charge in [0.25, 0.3) is 0 Å². The molecule has 0 spiro atoms. The van der Waals surface area contributed by atoms with Crippen molar-refractivity contribution in [2.75, 3.05) is 0 Å². The van der Waals surface area contributed by atoms with Gasteiger partial charge in [0.2, 0.25) is 0 Å². The van der Waals surface area contributed by atoms with Crippen LogP contribution in [0.25, 0.3) is 0 Å². The summed E-state index contributed by atoms with van der Waals surface area (Å²) < 4.78 is 0. The van der Waals surface area contributed by atoms with E-state index in [0.717, 1.165) is 25.7 Å². The monoisotopic (exact) mass is 198 g/mol. The van der Waals surface area contributed by atoms with Crippen LogP contribution in [0.1, 0.15) is 45.4 Å². The van der Waals surface area contributed by atoms with Gasteiger partial charge >= 0.3 is 5.97 Å². The Labute approximate surface area is 84.5 Å². The molecule has 1 rings (SSSR count). The number of Topliss-reactive ketones (excluding diaryl/α,β-unsaturated/α-hetero) is 1. The van der Waals surface area contributed by atoms with Crippen molar-refractivity contribution in [1.29, 1.82) is 0 Å². The highest BCUT2D eigenvalue weighted by molar-refractivity contribution is 5.81. The first-order chi connectivity index (χ1) is 6.61. The normalized spacial score (nSPS) is 27.6. The Morgan fingerprint density at radius 2 is 2.29 bits per heavy atom. The Bertz CT molecular complexity index is 223. The smallest absolute Gasteiger partial charge is 0.303 e. The molecular formula is C11H18O3. The molecular weight excluding hydrogens is 180 g/mol. The molecule has 1 aliphatic rings. The lowest BCUT2D eigenvalue weighted by Gasteiger charge is -2.27. The lowest BCUT2D eigenvalue weighted by molar-refractivity contribution is -0.137. The van der Waals surface area contributed by atoms with E-state index in [1.807, 2.05) is 6.92 Å². The number of carbonyl (C=O) groups is 2. The van der Waals surface area contributed by atoms with Gasteiger partial charge in [0.05, 0.1) is 0 Å². The summed E-state index contributed by atoms with van der Waals surface area (Å²) in [6, 6.07) is 0. The van der Waals surface area contributed by atoms with Crippen LogP contribution in [0, 0.1) is 11.8 Å². The molecule has 80 valence electrons. The predicted molar refractivity (Wildman–Crippen MR) is 53.0 cm³/mol. The van der Waals surface area contributed by atoms with Gasteiger partial charge in [-0.3, -0.25) is 9.59 Å². The molecule has 1 N–H and O–H groups in total. The molecule has 3 heteroatoms. The zero-order valence-corrected chi connectivity index (χ0v) is 8.66. The van der Waals surface area contributed by atoms with E-state index in [9.17, 15) is 9.59 Å². The lowest BCUT2D eigenvalue weighted by atomic mass is 9.77. The Hall–Kier alpha value is -0.860. The molecule has 1 aliphatic carbocycles. The van der Waals surface area contributed by atoms with E-state index in [1.54, 1.807) is 0 Å². The van der Waals surface area contributed by atoms with Gasteiger partial charge in [-0.2, -0.15) is 0 Å². The van der Waals surface area contributed by atoms with Crippen LogP contribution in [0.2, 0.25) is 0 Å². The molecule has 1 fully saturated rings. The molecule has 0 radical (unpaired) electrons. The number of ketones is 1. The third kappa shape index (κ3) is 3.13. The van der Waals surface area contributed by atoms with Gasteiger partial charge in [-0.1, -0.05) is 6.92 Å². The van der Waals surface area contributed by atoms with Crippen LogP contribution < -0.4 is 0 Å². The van der Waals surface area contributed by atoms with Crippen molar-refractivity contribution < 1.29 is 14.7 Å². The van der Waals surface area contributed by atoms with Gasteiger partial charge < -0.3 is 5.11 Å². The van der Waals surface area contributed by atoms with E-state index in [0.29, 0.717) is 18.1 Å². The molecule has 0 heterocycles. The summed E-state index contributed by atoms with van der Waals surface area (Å²) in [7, 11) is 0. The average molecular weight is 198 g/mol. The summed E-state index contributed by atoms with van der Waals surface area (Å²) >= 11 is 0. The minimum absolute atomic E-state index is 0.151. The van der Waals surface area contributed by atoms with Crippen molar-refractivity contribution in [2.45, 2.75) is 45.4 Å². The van der Waals surface area contributed by atoms with Crippen molar-refractivity contribution in [1.82, 2.24) is 0 Å². The molecule has 14 heavy (non-hydrogen) atoms. The van der Waals surface area contributed by atoms with Gasteiger partial charge in [0.1, 0.15) is 5.78 Å². The molecule has 0 amide bonds. The SMILES string of the molecule is CC1C(=O)CCCC1CCCC(=O)O. The third-order valence-corrected chi connectivity index (χ3v) is 3.18. The number of carboxylic acids is 1. The van der Waals surface area contributed by atoms with Crippen LogP contribution in [0.3, 0.4) is 0 Å². The highest BCUT2D eigenvalue weighted by Crippen LogP contribution is 2.30. The van der Waals surface area contributed by atoms with Crippen molar-refractivity contribution in [3.63, 3.8) is 0 Å². The van der Waals surface area contributed by atoms with E-state index in [2.05, 4.69) is 0 Å². The van der Waals surface area contributed by atoms with E-state index in [-0.39, 0.29) is 12.3 Å². The summed E-state index contributed by atoms with van der Waals surface area (Å²) in [5.74, 6) is 0.199. The van der Waals surface area contributed by atoms with Gasteiger partial charge in [0.15, 0.2) is 0 Å². The Balaban J connectivity index is 2.29. The van der Waals surface area contributed by atoms with E-state index >= 15 is 0 Å². The van der Waals surface area contributed by atoms with Crippen LogP contribution in [0.15, 0.2) is 0 Å². The topological polar surface area (TPSA) is 54.4 Å². The Morgan fingerprint density at radius 3 is 2.93 bits per heavy atom. The number of carbonyl (C=O) groups excluding carboxylic acids is 1. The van der Waals surface area contributed by atoms with Gasteiger partial charge in [-0.15, -0.1) is 0 Å². The molecule has 3 nitrogen and oxygen atoms in total. The van der Waals surface area contributed by atoms with Crippen molar-refractivity contribution in [3.8, 4) is 0 Å². The molecule has 0 aromatic heterocycles. The summed E-state index contributed by atoms with van der Waals surface area (Å²) in [5.41, 5.74) is 0. The molecule has 0 aliphatic heterocycles. The van der Waals surface area contributed by atoms with E-state index < -0.39 is 5.97 Å². The molecule has 0 saturated heterocycles. The predicted octanol–water partition coefficient (Wildman–Crippen LogP) is 2.25. The first-order valence-electron chi connectivity index (χ1n) is 5.35. The standard InChI is InChI=1S/C11H18O3/c1-8-9(4-2-6-10(8)12)5-3-7-11(13)14/h8-9H,2-7H2,1H3,(H,13,14).